The van der Waals surface area contributed by atoms with Gasteiger partial charge in [-0.25, -0.2) is 4.39 Å². The molecule has 1 aromatic rings. The molecular formula is C11H14FNO2S. The van der Waals surface area contributed by atoms with Gasteiger partial charge in [0.05, 0.1) is 0 Å². The molecule has 3 nitrogen and oxygen atoms in total. The number of hydrogen-bond acceptors (Lipinski definition) is 3. The number of anilines is 1. The van der Waals surface area contributed by atoms with Crippen molar-refractivity contribution in [1.82, 2.24) is 0 Å². The smallest absolute Gasteiger partial charge is 0.316 e. The Labute approximate surface area is 97.8 Å². The summed E-state index contributed by atoms with van der Waals surface area (Å²) in [7, 11) is 0. The van der Waals surface area contributed by atoms with Crippen LogP contribution in [0.2, 0.25) is 0 Å². The SMILES string of the molecule is CCCC(Sc1cc(N)cc(F)c1)C(=O)O. The van der Waals surface area contributed by atoms with Crippen LogP contribution in [-0.4, -0.2) is 16.3 Å². The van der Waals surface area contributed by atoms with E-state index in [1.165, 1.54) is 12.1 Å². The molecule has 0 amide bonds. The molecule has 0 aliphatic heterocycles. The number of hydrogen-bond donors (Lipinski definition) is 2. The molecule has 1 aromatic carbocycles. The summed E-state index contributed by atoms with van der Waals surface area (Å²) in [4.78, 5) is 11.5. The van der Waals surface area contributed by atoms with Gasteiger partial charge in [-0.2, -0.15) is 0 Å². The number of nitrogens with two attached hydrogens (primary N) is 1. The second kappa shape index (κ2) is 5.75. The van der Waals surface area contributed by atoms with Crippen molar-refractivity contribution in [2.45, 2.75) is 29.9 Å². The van der Waals surface area contributed by atoms with Crippen LogP contribution in [0, 0.1) is 5.82 Å². The normalized spacial score (nSPS) is 12.4. The van der Waals surface area contributed by atoms with Gasteiger partial charge in [-0.15, -0.1) is 11.8 Å². The Balaban J connectivity index is 2.80. The maximum absolute atomic E-state index is 13.0. The number of rotatable bonds is 5. The Morgan fingerprint density at radius 3 is 2.75 bits per heavy atom. The summed E-state index contributed by atoms with van der Waals surface area (Å²) in [5, 5.41) is 8.41. The predicted molar refractivity (Wildman–Crippen MR) is 63.0 cm³/mol. The summed E-state index contributed by atoms with van der Waals surface area (Å²) in [5.41, 5.74) is 5.79. The lowest BCUT2D eigenvalue weighted by Crippen LogP contribution is -2.15. The third-order valence-corrected chi connectivity index (χ3v) is 3.23. The first-order chi connectivity index (χ1) is 7.52. The van der Waals surface area contributed by atoms with Gasteiger partial charge >= 0.3 is 5.97 Å². The molecule has 1 atom stereocenters. The zero-order valence-corrected chi connectivity index (χ0v) is 9.76. The van der Waals surface area contributed by atoms with Crippen LogP contribution >= 0.6 is 11.8 Å². The molecule has 0 aliphatic rings. The number of aliphatic carboxylic acids is 1. The third-order valence-electron chi connectivity index (χ3n) is 2.00. The molecule has 16 heavy (non-hydrogen) atoms. The van der Waals surface area contributed by atoms with Gasteiger partial charge in [-0.05, 0) is 24.6 Å². The van der Waals surface area contributed by atoms with Crippen molar-refractivity contribution in [2.24, 2.45) is 0 Å². The average Bonchev–Trinajstić information content (AvgIpc) is 2.15. The van der Waals surface area contributed by atoms with Crippen LogP contribution in [0.4, 0.5) is 10.1 Å². The van der Waals surface area contributed by atoms with Gasteiger partial charge in [-0.3, -0.25) is 4.79 Å². The van der Waals surface area contributed by atoms with E-state index in [0.717, 1.165) is 18.2 Å². The van der Waals surface area contributed by atoms with Crippen molar-refractivity contribution in [1.29, 1.82) is 0 Å². The van der Waals surface area contributed by atoms with Gasteiger partial charge in [0.1, 0.15) is 11.1 Å². The molecule has 0 heterocycles. The van der Waals surface area contributed by atoms with E-state index in [-0.39, 0.29) is 0 Å². The molecule has 1 rings (SSSR count). The summed E-state index contributed by atoms with van der Waals surface area (Å²) < 4.78 is 13.0. The van der Waals surface area contributed by atoms with Crippen molar-refractivity contribution in [3.05, 3.63) is 24.0 Å². The lowest BCUT2D eigenvalue weighted by atomic mass is 10.2. The molecule has 0 radical (unpaired) electrons. The van der Waals surface area contributed by atoms with E-state index in [2.05, 4.69) is 0 Å². The highest BCUT2D eigenvalue weighted by molar-refractivity contribution is 8.00. The topological polar surface area (TPSA) is 63.3 Å². The summed E-state index contributed by atoms with van der Waals surface area (Å²) in [6, 6.07) is 4.09. The van der Waals surface area contributed by atoms with E-state index in [9.17, 15) is 9.18 Å². The molecule has 0 saturated heterocycles. The number of carboxylic acid groups (broad SMARTS) is 1. The van der Waals surface area contributed by atoms with E-state index in [4.69, 9.17) is 10.8 Å². The highest BCUT2D eigenvalue weighted by atomic mass is 32.2. The highest BCUT2D eigenvalue weighted by Crippen LogP contribution is 2.28. The Kier molecular flexibility index (Phi) is 4.61. The molecular weight excluding hydrogens is 229 g/mol. The fraction of sp³-hybridized carbons (Fsp3) is 0.364. The van der Waals surface area contributed by atoms with E-state index in [1.54, 1.807) is 6.07 Å². The van der Waals surface area contributed by atoms with Crippen LogP contribution in [0.3, 0.4) is 0 Å². The van der Waals surface area contributed by atoms with Crippen LogP contribution < -0.4 is 5.73 Å². The zero-order chi connectivity index (χ0) is 12.1. The molecule has 3 N–H and O–H groups in total. The van der Waals surface area contributed by atoms with E-state index in [1.807, 2.05) is 6.92 Å². The fourth-order valence-corrected chi connectivity index (χ4v) is 2.48. The van der Waals surface area contributed by atoms with Crippen LogP contribution in [-0.2, 0) is 4.79 Å². The van der Waals surface area contributed by atoms with E-state index >= 15 is 0 Å². The highest BCUT2D eigenvalue weighted by Gasteiger charge is 2.18. The summed E-state index contributed by atoms with van der Waals surface area (Å²) >= 11 is 1.13. The Morgan fingerprint density at radius 1 is 1.56 bits per heavy atom. The Bertz CT molecular complexity index is 364. The monoisotopic (exact) mass is 243 g/mol. The fourth-order valence-electron chi connectivity index (χ4n) is 1.31. The number of carboxylic acids is 1. The van der Waals surface area contributed by atoms with Crippen molar-refractivity contribution in [2.75, 3.05) is 5.73 Å². The maximum atomic E-state index is 13.0. The minimum Gasteiger partial charge on any atom is -0.480 e. The molecule has 1 unspecified atom stereocenters. The molecule has 0 bridgehead atoms. The largest absolute Gasteiger partial charge is 0.480 e. The van der Waals surface area contributed by atoms with Crippen molar-refractivity contribution < 1.29 is 14.3 Å². The second-order valence-electron chi connectivity index (χ2n) is 3.45. The second-order valence-corrected chi connectivity index (χ2v) is 4.73. The average molecular weight is 243 g/mol. The number of halogens is 1. The molecule has 0 aliphatic carbocycles. The van der Waals surface area contributed by atoms with Crippen LogP contribution in [0.1, 0.15) is 19.8 Å². The molecule has 0 spiro atoms. The van der Waals surface area contributed by atoms with Crippen LogP contribution in [0.15, 0.2) is 23.1 Å². The minimum absolute atomic E-state index is 0.308. The van der Waals surface area contributed by atoms with Crippen molar-refractivity contribution >= 4 is 23.4 Å². The first-order valence-electron chi connectivity index (χ1n) is 4.98. The van der Waals surface area contributed by atoms with Gasteiger partial charge in [-0.1, -0.05) is 13.3 Å². The summed E-state index contributed by atoms with van der Waals surface area (Å²) in [5.74, 6) is -1.32. The number of carbonyl (C=O) groups is 1. The molecule has 5 heteroatoms. The Hall–Kier alpha value is -1.23. The maximum Gasteiger partial charge on any atom is 0.316 e. The lowest BCUT2D eigenvalue weighted by Gasteiger charge is -2.11. The van der Waals surface area contributed by atoms with Crippen LogP contribution in [0.25, 0.3) is 0 Å². The number of thioether (sulfide) groups is 1. The van der Waals surface area contributed by atoms with Gasteiger partial charge in [0.25, 0.3) is 0 Å². The molecule has 0 saturated carbocycles. The first kappa shape index (κ1) is 12.8. The van der Waals surface area contributed by atoms with Crippen molar-refractivity contribution in [3.8, 4) is 0 Å². The van der Waals surface area contributed by atoms with Gasteiger partial charge < -0.3 is 10.8 Å². The quantitative estimate of drug-likeness (QED) is 0.616. The zero-order valence-electron chi connectivity index (χ0n) is 8.94. The van der Waals surface area contributed by atoms with E-state index < -0.39 is 17.0 Å². The number of nitrogen functional groups attached to an aromatic ring is 1. The predicted octanol–water partition coefficient (Wildman–Crippen LogP) is 2.75. The third kappa shape index (κ3) is 3.73. The van der Waals surface area contributed by atoms with E-state index in [0.29, 0.717) is 17.0 Å². The van der Waals surface area contributed by atoms with Crippen LogP contribution in [0.5, 0.6) is 0 Å². The standard InChI is InChI=1S/C11H14FNO2S/c1-2-3-10(11(14)15)16-9-5-7(12)4-8(13)6-9/h4-6,10H,2-3,13H2,1H3,(H,14,15). The van der Waals surface area contributed by atoms with Crippen molar-refractivity contribution in [3.63, 3.8) is 0 Å². The Morgan fingerprint density at radius 2 is 2.25 bits per heavy atom. The minimum atomic E-state index is -0.880. The molecule has 0 fully saturated rings. The lowest BCUT2D eigenvalue weighted by molar-refractivity contribution is -0.136. The summed E-state index contributed by atoms with van der Waals surface area (Å²) in [6.07, 6.45) is 1.32. The van der Waals surface area contributed by atoms with Gasteiger partial charge in [0.15, 0.2) is 0 Å². The number of benzene rings is 1. The summed E-state index contributed by atoms with van der Waals surface area (Å²) in [6.45, 7) is 1.91. The molecule has 0 aromatic heterocycles. The first-order valence-corrected chi connectivity index (χ1v) is 5.86. The van der Waals surface area contributed by atoms with Gasteiger partial charge in [0.2, 0.25) is 0 Å². The van der Waals surface area contributed by atoms with Gasteiger partial charge in [0, 0.05) is 10.6 Å². The molecule has 88 valence electrons.